The minimum Gasteiger partial charge on any atom is -0.496 e. The monoisotopic (exact) mass is 355 g/mol. The summed E-state index contributed by atoms with van der Waals surface area (Å²) in [6.45, 7) is 2.62. The van der Waals surface area contributed by atoms with E-state index in [1.807, 2.05) is 0 Å². The van der Waals surface area contributed by atoms with Crippen molar-refractivity contribution in [2.75, 3.05) is 20.2 Å². The number of hydrogen-bond donors (Lipinski definition) is 1. The second-order valence-corrected chi connectivity index (χ2v) is 6.42. The number of methoxy groups -OCH3 is 1. The molecule has 1 saturated heterocycles. The lowest BCUT2D eigenvalue weighted by molar-refractivity contribution is -0.150. The summed E-state index contributed by atoms with van der Waals surface area (Å²) in [5, 5.41) is 9.22. The Morgan fingerprint density at radius 1 is 1.33 bits per heavy atom. The normalized spacial score (nSPS) is 17.4. The average Bonchev–Trinajstić information content (AvgIpc) is 2.47. The molecule has 1 aromatic carbocycles. The number of amides is 1. The van der Waals surface area contributed by atoms with Crippen LogP contribution in [0.15, 0.2) is 22.7 Å². The molecule has 1 heterocycles. The van der Waals surface area contributed by atoms with Gasteiger partial charge in [-0.05, 0) is 38.0 Å². The first-order chi connectivity index (χ1) is 9.87. The number of carboxylic acids is 1. The molecule has 5 nitrogen and oxygen atoms in total. The number of likely N-dealkylation sites (tertiary alicyclic amines) is 1. The molecule has 2 rings (SSSR count). The van der Waals surface area contributed by atoms with Crippen LogP contribution in [0.3, 0.4) is 0 Å². The predicted molar refractivity (Wildman–Crippen MR) is 81.6 cm³/mol. The Balaban J connectivity index is 2.14. The number of carbonyl (C=O) groups is 2. The van der Waals surface area contributed by atoms with E-state index in [2.05, 4.69) is 15.9 Å². The van der Waals surface area contributed by atoms with E-state index in [0.717, 1.165) is 4.47 Å². The molecule has 6 heteroatoms. The fourth-order valence-corrected chi connectivity index (χ4v) is 2.77. The van der Waals surface area contributed by atoms with Gasteiger partial charge in [-0.1, -0.05) is 15.9 Å². The number of ether oxygens (including phenoxy) is 1. The highest BCUT2D eigenvalue weighted by Gasteiger charge is 2.38. The van der Waals surface area contributed by atoms with Gasteiger partial charge in [0.1, 0.15) is 5.75 Å². The maximum absolute atomic E-state index is 12.6. The quantitative estimate of drug-likeness (QED) is 0.905. The third-order valence-corrected chi connectivity index (χ3v) is 4.56. The molecule has 21 heavy (non-hydrogen) atoms. The van der Waals surface area contributed by atoms with Gasteiger partial charge in [0.05, 0.1) is 18.1 Å². The van der Waals surface area contributed by atoms with Gasteiger partial charge < -0.3 is 14.7 Å². The molecule has 0 aromatic heterocycles. The van der Waals surface area contributed by atoms with Crippen LogP contribution in [0.4, 0.5) is 0 Å². The lowest BCUT2D eigenvalue weighted by atomic mass is 9.80. The Morgan fingerprint density at radius 3 is 2.48 bits per heavy atom. The molecule has 1 aromatic rings. The minimum absolute atomic E-state index is 0.119. The molecule has 1 aliphatic heterocycles. The smallest absolute Gasteiger partial charge is 0.309 e. The Hall–Kier alpha value is -1.56. The number of carbonyl (C=O) groups excluding carboxylic acids is 1. The van der Waals surface area contributed by atoms with Gasteiger partial charge in [0.25, 0.3) is 5.91 Å². The highest BCUT2D eigenvalue weighted by Crippen LogP contribution is 2.33. The third kappa shape index (κ3) is 3.20. The van der Waals surface area contributed by atoms with E-state index >= 15 is 0 Å². The Morgan fingerprint density at radius 2 is 1.95 bits per heavy atom. The predicted octanol–water partition coefficient (Wildman–Crippen LogP) is 2.78. The summed E-state index contributed by atoms with van der Waals surface area (Å²) in [5.41, 5.74) is -0.236. The van der Waals surface area contributed by atoms with E-state index in [1.54, 1.807) is 30.0 Å². The van der Waals surface area contributed by atoms with Crippen LogP contribution in [0.2, 0.25) is 0 Å². The molecule has 0 atom stereocenters. The summed E-state index contributed by atoms with van der Waals surface area (Å²) < 4.78 is 6.09. The largest absolute Gasteiger partial charge is 0.496 e. The van der Waals surface area contributed by atoms with Gasteiger partial charge in [-0.15, -0.1) is 0 Å². The number of rotatable bonds is 3. The molecular weight excluding hydrogens is 338 g/mol. The summed E-state index contributed by atoms with van der Waals surface area (Å²) in [4.78, 5) is 25.5. The fourth-order valence-electron chi connectivity index (χ4n) is 2.43. The van der Waals surface area contributed by atoms with Crippen molar-refractivity contribution in [1.29, 1.82) is 0 Å². The van der Waals surface area contributed by atoms with Crippen molar-refractivity contribution in [2.24, 2.45) is 5.41 Å². The van der Waals surface area contributed by atoms with Crippen LogP contribution in [0.1, 0.15) is 30.1 Å². The second kappa shape index (κ2) is 6.05. The van der Waals surface area contributed by atoms with Crippen molar-refractivity contribution in [3.63, 3.8) is 0 Å². The lowest BCUT2D eigenvalue weighted by Gasteiger charge is -2.36. The number of halogens is 1. The molecule has 1 N–H and O–H groups in total. The van der Waals surface area contributed by atoms with Crippen LogP contribution in [0, 0.1) is 5.41 Å². The molecule has 0 bridgehead atoms. The molecule has 0 aliphatic carbocycles. The van der Waals surface area contributed by atoms with E-state index in [-0.39, 0.29) is 5.91 Å². The molecular formula is C15H18BrNO4. The number of piperidine rings is 1. The Kier molecular flexibility index (Phi) is 4.56. The molecule has 1 aliphatic rings. The van der Waals surface area contributed by atoms with Gasteiger partial charge in [0, 0.05) is 17.6 Å². The molecule has 1 amide bonds. The molecule has 0 saturated carbocycles. The van der Waals surface area contributed by atoms with Crippen LogP contribution >= 0.6 is 15.9 Å². The number of benzene rings is 1. The molecule has 0 radical (unpaired) electrons. The zero-order valence-electron chi connectivity index (χ0n) is 12.1. The first kappa shape index (κ1) is 15.8. The highest BCUT2D eigenvalue weighted by molar-refractivity contribution is 9.10. The van der Waals surface area contributed by atoms with Crippen LogP contribution in [-0.4, -0.2) is 42.1 Å². The van der Waals surface area contributed by atoms with Crippen molar-refractivity contribution in [3.8, 4) is 5.75 Å². The van der Waals surface area contributed by atoms with Gasteiger partial charge in [0.15, 0.2) is 0 Å². The van der Waals surface area contributed by atoms with Crippen molar-refractivity contribution in [2.45, 2.75) is 19.8 Å². The van der Waals surface area contributed by atoms with Crippen LogP contribution in [0.5, 0.6) is 5.75 Å². The SMILES string of the molecule is COc1cc(Br)ccc1C(=O)N1CCC(C)(C(=O)O)CC1. The zero-order chi connectivity index (χ0) is 15.6. The number of aliphatic carboxylic acids is 1. The van der Waals surface area contributed by atoms with Gasteiger partial charge in [-0.2, -0.15) is 0 Å². The van der Waals surface area contributed by atoms with E-state index in [9.17, 15) is 14.7 Å². The second-order valence-electron chi connectivity index (χ2n) is 5.50. The number of nitrogens with zero attached hydrogens (tertiary/aromatic N) is 1. The van der Waals surface area contributed by atoms with Gasteiger partial charge >= 0.3 is 5.97 Å². The van der Waals surface area contributed by atoms with E-state index in [0.29, 0.717) is 37.2 Å². The summed E-state index contributed by atoms with van der Waals surface area (Å²) in [6.07, 6.45) is 0.930. The zero-order valence-corrected chi connectivity index (χ0v) is 13.6. The van der Waals surface area contributed by atoms with Crippen molar-refractivity contribution < 1.29 is 19.4 Å². The van der Waals surface area contributed by atoms with Gasteiger partial charge in [0.2, 0.25) is 0 Å². The van der Waals surface area contributed by atoms with Crippen molar-refractivity contribution in [1.82, 2.24) is 4.90 Å². The topological polar surface area (TPSA) is 66.8 Å². The van der Waals surface area contributed by atoms with Crippen molar-refractivity contribution in [3.05, 3.63) is 28.2 Å². The first-order valence-electron chi connectivity index (χ1n) is 6.73. The highest BCUT2D eigenvalue weighted by atomic mass is 79.9. The molecule has 0 spiro atoms. The van der Waals surface area contributed by atoms with E-state index in [1.165, 1.54) is 7.11 Å². The van der Waals surface area contributed by atoms with Gasteiger partial charge in [-0.3, -0.25) is 9.59 Å². The van der Waals surface area contributed by atoms with Crippen molar-refractivity contribution >= 4 is 27.8 Å². The maximum Gasteiger partial charge on any atom is 0.309 e. The van der Waals surface area contributed by atoms with Gasteiger partial charge in [-0.25, -0.2) is 0 Å². The average molecular weight is 356 g/mol. The number of hydrogen-bond acceptors (Lipinski definition) is 3. The third-order valence-electron chi connectivity index (χ3n) is 4.06. The summed E-state index contributed by atoms with van der Waals surface area (Å²) in [7, 11) is 1.52. The Labute approximate surface area is 132 Å². The lowest BCUT2D eigenvalue weighted by Crippen LogP contribution is -2.45. The van der Waals surface area contributed by atoms with Crippen LogP contribution in [-0.2, 0) is 4.79 Å². The van der Waals surface area contributed by atoms with Crippen LogP contribution in [0.25, 0.3) is 0 Å². The molecule has 1 fully saturated rings. The summed E-state index contributed by atoms with van der Waals surface area (Å²) in [6, 6.07) is 5.26. The standard InChI is InChI=1S/C15H18BrNO4/c1-15(14(19)20)5-7-17(8-6-15)13(18)11-4-3-10(16)9-12(11)21-2/h3-4,9H,5-8H2,1-2H3,(H,19,20). The van der Waals surface area contributed by atoms with E-state index < -0.39 is 11.4 Å². The minimum atomic E-state index is -0.796. The van der Waals surface area contributed by atoms with Crippen LogP contribution < -0.4 is 4.74 Å². The fraction of sp³-hybridized carbons (Fsp3) is 0.467. The Bertz CT molecular complexity index is 565. The summed E-state index contributed by atoms with van der Waals surface area (Å²) >= 11 is 3.34. The van der Waals surface area contributed by atoms with E-state index in [4.69, 9.17) is 4.74 Å². The maximum atomic E-state index is 12.6. The number of carboxylic acid groups (broad SMARTS) is 1. The summed E-state index contributed by atoms with van der Waals surface area (Å²) in [5.74, 6) is -0.399. The molecule has 0 unspecified atom stereocenters. The molecule has 114 valence electrons. The first-order valence-corrected chi connectivity index (χ1v) is 7.53.